The number of para-hydroxylation sites is 1. The van der Waals surface area contributed by atoms with Crippen molar-refractivity contribution in [1.82, 2.24) is 14.7 Å². The Balaban J connectivity index is 1.17. The third kappa shape index (κ3) is 6.20. The minimum Gasteiger partial charge on any atom is -0.432 e. The molecule has 0 bridgehead atoms. The first-order chi connectivity index (χ1) is 24.5. The van der Waals surface area contributed by atoms with Crippen LogP contribution < -0.4 is 10.5 Å². The Hall–Kier alpha value is -4.94. The summed E-state index contributed by atoms with van der Waals surface area (Å²) in [6, 6.07) is 31.9. The number of fused-ring (bicyclic) bond motifs is 3. The Morgan fingerprint density at radius 3 is 2.33 bits per heavy atom. The van der Waals surface area contributed by atoms with Gasteiger partial charge in [-0.15, -0.1) is 0 Å². The van der Waals surface area contributed by atoms with Crippen molar-refractivity contribution in [2.75, 3.05) is 18.1 Å². The number of rotatable bonds is 10. The number of aliphatic hydroxyl groups excluding tert-OH is 1. The van der Waals surface area contributed by atoms with Crippen LogP contribution in [-0.2, 0) is 33.0 Å². The molecule has 1 saturated heterocycles. The van der Waals surface area contributed by atoms with E-state index in [9.17, 15) is 24.3 Å². The van der Waals surface area contributed by atoms with E-state index in [1.54, 1.807) is 22.1 Å². The lowest BCUT2D eigenvalue weighted by Gasteiger charge is -2.32. The molecule has 1 spiro atoms. The molecule has 10 nitrogen and oxygen atoms in total. The number of carbonyl (C=O) groups excluding carboxylic acids is 2. The zero-order valence-electron chi connectivity index (χ0n) is 29.0. The van der Waals surface area contributed by atoms with E-state index >= 15 is 0 Å². The maximum absolute atomic E-state index is 14.8. The molecule has 262 valence electrons. The molecule has 7 rings (SSSR count). The van der Waals surface area contributed by atoms with Crippen molar-refractivity contribution in [3.8, 4) is 5.69 Å². The van der Waals surface area contributed by atoms with E-state index in [0.717, 1.165) is 27.8 Å². The van der Waals surface area contributed by atoms with E-state index in [1.807, 2.05) is 117 Å². The molecule has 51 heavy (non-hydrogen) atoms. The molecule has 2 aliphatic heterocycles. The number of aromatic nitrogens is 2. The Morgan fingerprint density at radius 2 is 1.61 bits per heavy atom. The van der Waals surface area contributed by atoms with Gasteiger partial charge < -0.3 is 24.4 Å². The van der Waals surface area contributed by atoms with Crippen LogP contribution in [0.5, 0.6) is 0 Å². The van der Waals surface area contributed by atoms with Gasteiger partial charge in [0.25, 0.3) is 11.5 Å². The predicted octanol–water partition coefficient (Wildman–Crippen LogP) is 5.14. The number of benzene rings is 4. The summed E-state index contributed by atoms with van der Waals surface area (Å²) >= 11 is 0. The molecule has 2 amide bonds. The molecule has 11 heteroatoms. The topological polar surface area (TPSA) is 125 Å². The lowest BCUT2D eigenvalue weighted by molar-refractivity contribution is -0.150. The second kappa shape index (κ2) is 13.6. The van der Waals surface area contributed by atoms with Crippen LogP contribution in [0.3, 0.4) is 0 Å². The highest BCUT2D eigenvalue weighted by Gasteiger charge is 2.66. The van der Waals surface area contributed by atoms with Crippen molar-refractivity contribution < 1.29 is 24.2 Å². The first-order valence-corrected chi connectivity index (χ1v) is 20.4. The second-order valence-electron chi connectivity index (χ2n) is 14.1. The van der Waals surface area contributed by atoms with E-state index in [1.165, 1.54) is 4.68 Å². The Labute approximate surface area is 297 Å². The summed E-state index contributed by atoms with van der Waals surface area (Å²) < 4.78 is 8.24. The van der Waals surface area contributed by atoms with Crippen molar-refractivity contribution in [1.29, 1.82) is 0 Å². The lowest BCUT2D eigenvalue weighted by Crippen LogP contribution is -2.46. The van der Waals surface area contributed by atoms with Gasteiger partial charge in [0.2, 0.25) is 5.91 Å². The Kier molecular flexibility index (Phi) is 9.23. The maximum atomic E-state index is 14.8. The fraction of sp³-hybridized carbons (Fsp3) is 0.300. The molecule has 0 radical (unpaired) electrons. The number of anilines is 1. The van der Waals surface area contributed by atoms with Gasteiger partial charge >= 0.3 is 0 Å². The first-order valence-electron chi connectivity index (χ1n) is 17.3. The Bertz CT molecular complexity index is 2130. The average Bonchev–Trinajstić information content (AvgIpc) is 3.55. The van der Waals surface area contributed by atoms with Crippen molar-refractivity contribution in [3.05, 3.63) is 136 Å². The third-order valence-electron chi connectivity index (χ3n) is 10.4. The summed E-state index contributed by atoms with van der Waals surface area (Å²) in [7, 11) is -3.00. The summed E-state index contributed by atoms with van der Waals surface area (Å²) in [5, 5.41) is 15.5. The highest BCUT2D eigenvalue weighted by molar-refractivity contribution is 6.71. The van der Waals surface area contributed by atoms with Gasteiger partial charge in [-0.25, -0.2) is 0 Å². The number of ether oxygens (including phenoxy) is 1. The van der Waals surface area contributed by atoms with Gasteiger partial charge in [0.1, 0.15) is 0 Å². The van der Waals surface area contributed by atoms with Gasteiger partial charge in [0, 0.05) is 35.5 Å². The van der Waals surface area contributed by atoms with E-state index in [4.69, 9.17) is 4.74 Å². The van der Waals surface area contributed by atoms with E-state index in [0.29, 0.717) is 17.6 Å². The van der Waals surface area contributed by atoms with E-state index in [-0.39, 0.29) is 43.5 Å². The van der Waals surface area contributed by atoms with Crippen LogP contribution in [-0.4, -0.2) is 64.0 Å². The molecule has 0 unspecified atom stereocenters. The molecule has 4 aromatic carbocycles. The van der Waals surface area contributed by atoms with E-state index in [2.05, 4.69) is 5.10 Å². The number of aliphatic hydroxyl groups is 1. The maximum Gasteiger partial charge on any atom is 0.279 e. The zero-order valence-corrected chi connectivity index (χ0v) is 30.0. The molecular formula is C40H42N4O6Si. The normalized spacial score (nSPS) is 21.4. The van der Waals surface area contributed by atoms with Gasteiger partial charge in [0.05, 0.1) is 48.6 Å². The van der Waals surface area contributed by atoms with Gasteiger partial charge in [-0.2, -0.15) is 9.78 Å². The fourth-order valence-corrected chi connectivity index (χ4v) is 10.7. The molecule has 2 aliphatic rings. The number of hydrogen-bond donors (Lipinski definition) is 2. The molecular weight excluding hydrogens is 661 g/mol. The van der Waals surface area contributed by atoms with Crippen LogP contribution in [0, 0.1) is 5.92 Å². The van der Waals surface area contributed by atoms with E-state index < -0.39 is 31.5 Å². The van der Waals surface area contributed by atoms with Crippen molar-refractivity contribution in [2.45, 2.75) is 56.8 Å². The van der Waals surface area contributed by atoms with Gasteiger partial charge in [-0.3, -0.25) is 14.4 Å². The van der Waals surface area contributed by atoms with Crippen molar-refractivity contribution in [2.24, 2.45) is 5.92 Å². The summed E-state index contributed by atoms with van der Waals surface area (Å²) in [5.41, 5.74) is 1.83. The monoisotopic (exact) mass is 702 g/mol. The molecule has 0 aliphatic carbocycles. The van der Waals surface area contributed by atoms with Crippen LogP contribution >= 0.6 is 0 Å². The smallest absolute Gasteiger partial charge is 0.279 e. The minimum absolute atomic E-state index is 0.0281. The number of amides is 2. The van der Waals surface area contributed by atoms with Gasteiger partial charge in [0.15, 0.2) is 13.9 Å². The van der Waals surface area contributed by atoms with Crippen LogP contribution in [0.4, 0.5) is 5.69 Å². The molecule has 0 saturated carbocycles. The van der Waals surface area contributed by atoms with Crippen molar-refractivity contribution >= 4 is 36.6 Å². The number of hydrogen-bond acceptors (Lipinski definition) is 7. The van der Waals surface area contributed by atoms with Crippen LogP contribution in [0.2, 0.25) is 18.6 Å². The average molecular weight is 703 g/mol. The standard InChI is InChI=1S/C40H42N4O6Si/c1-27-37(51(2,3)49)35(23-36(46)42(21-22-45)25-28-11-5-4-6-12-28)50-40(27)33-15-9-10-16-34(33)43(39(40)48)26-29-17-19-31(20-18-29)44-38(47)32-14-8-7-13-30(32)24-41-44/h4-20,24,27,35,37,45,49H,21-23,25-26H2,1-3H3/t27-,35+,37-,40+/m0/s1. The predicted molar refractivity (Wildman–Crippen MR) is 198 cm³/mol. The van der Waals surface area contributed by atoms with Crippen LogP contribution in [0.25, 0.3) is 16.5 Å². The first kappa shape index (κ1) is 34.5. The third-order valence-corrected chi connectivity index (χ3v) is 12.9. The second-order valence-corrected chi connectivity index (χ2v) is 18.1. The fourth-order valence-electron chi connectivity index (χ4n) is 8.11. The summed E-state index contributed by atoms with van der Waals surface area (Å²) in [6.07, 6.45) is 0.935. The zero-order chi connectivity index (χ0) is 35.9. The molecule has 5 aromatic rings. The number of nitrogens with zero attached hydrogens (tertiary/aromatic N) is 4. The largest absolute Gasteiger partial charge is 0.432 e. The summed E-state index contributed by atoms with van der Waals surface area (Å²) in [5.74, 6) is -0.863. The molecule has 2 N–H and O–H groups in total. The lowest BCUT2D eigenvalue weighted by atomic mass is 9.82. The summed E-state index contributed by atoms with van der Waals surface area (Å²) in [4.78, 5) is 56.8. The van der Waals surface area contributed by atoms with Crippen LogP contribution in [0.15, 0.2) is 114 Å². The molecule has 1 fully saturated rings. The highest BCUT2D eigenvalue weighted by Crippen LogP contribution is 2.59. The van der Waals surface area contributed by atoms with Crippen LogP contribution in [0.1, 0.15) is 30.0 Å². The number of carbonyl (C=O) groups is 2. The van der Waals surface area contributed by atoms with Crippen molar-refractivity contribution in [3.63, 3.8) is 0 Å². The molecule has 4 atom stereocenters. The molecule has 3 heterocycles. The quantitative estimate of drug-likeness (QED) is 0.193. The minimum atomic E-state index is -3.00. The Morgan fingerprint density at radius 1 is 0.922 bits per heavy atom. The van der Waals surface area contributed by atoms with Gasteiger partial charge in [-0.1, -0.05) is 85.8 Å². The molecule has 1 aromatic heterocycles. The highest BCUT2D eigenvalue weighted by atomic mass is 28.4. The SMILES string of the molecule is C[C@H]1[C@H]([Si](C)(C)O)[C@@H](CC(=O)N(CCO)Cc2ccccc2)O[C@]12C(=O)N(Cc1ccc(-n3ncc4ccccc4c3=O)cc1)c1ccccc12. The summed E-state index contributed by atoms with van der Waals surface area (Å²) in [6.45, 7) is 6.18. The van der Waals surface area contributed by atoms with Gasteiger partial charge in [-0.05, 0) is 48.5 Å².